The van der Waals surface area contributed by atoms with Crippen molar-refractivity contribution in [3.63, 3.8) is 0 Å². The van der Waals surface area contributed by atoms with Crippen molar-refractivity contribution >= 4 is 16.8 Å². The monoisotopic (exact) mass is 297 g/mol. The van der Waals surface area contributed by atoms with Crippen LogP contribution < -0.4 is 5.32 Å². The van der Waals surface area contributed by atoms with E-state index in [1.165, 1.54) is 4.68 Å². The molecule has 0 atom stereocenters. The van der Waals surface area contributed by atoms with Crippen molar-refractivity contribution in [2.75, 3.05) is 6.54 Å². The standard InChI is InChI=1S/C14H14F3N3O/c15-14(16,17)13(5-6-13)9-18-12(21)8-20-11-4-2-1-3-10(11)7-19-20/h1-4,7H,5-6,8-9H2,(H,18,21). The first kappa shape index (κ1) is 13.9. The van der Waals surface area contributed by atoms with E-state index >= 15 is 0 Å². The molecule has 1 aromatic carbocycles. The average molecular weight is 297 g/mol. The molecule has 1 amide bonds. The third-order valence-electron chi connectivity index (χ3n) is 3.92. The molecule has 1 N–H and O–H groups in total. The largest absolute Gasteiger partial charge is 0.396 e. The summed E-state index contributed by atoms with van der Waals surface area (Å²) in [4.78, 5) is 11.8. The third kappa shape index (κ3) is 2.59. The molecule has 0 spiro atoms. The normalized spacial score (nSPS) is 16.9. The van der Waals surface area contributed by atoms with Crippen molar-refractivity contribution in [1.29, 1.82) is 0 Å². The van der Waals surface area contributed by atoms with Gasteiger partial charge in [-0.2, -0.15) is 18.3 Å². The number of carbonyl (C=O) groups is 1. The van der Waals surface area contributed by atoms with Gasteiger partial charge in [0.05, 0.1) is 17.1 Å². The molecule has 3 rings (SSSR count). The first-order valence-electron chi connectivity index (χ1n) is 6.65. The smallest absolute Gasteiger partial charge is 0.354 e. The Balaban J connectivity index is 1.63. The van der Waals surface area contributed by atoms with E-state index in [0.29, 0.717) is 0 Å². The summed E-state index contributed by atoms with van der Waals surface area (Å²) in [7, 11) is 0. The molecule has 0 unspecified atom stereocenters. The van der Waals surface area contributed by atoms with Gasteiger partial charge in [-0.25, -0.2) is 0 Å². The predicted octanol–water partition coefficient (Wildman–Crippen LogP) is 2.50. The lowest BCUT2D eigenvalue weighted by Crippen LogP contribution is -2.39. The molecule has 21 heavy (non-hydrogen) atoms. The fraction of sp³-hybridized carbons (Fsp3) is 0.429. The van der Waals surface area contributed by atoms with Gasteiger partial charge in [0.2, 0.25) is 5.91 Å². The molecule has 1 aliphatic carbocycles. The Bertz CT molecular complexity index is 673. The van der Waals surface area contributed by atoms with E-state index in [4.69, 9.17) is 0 Å². The Morgan fingerprint density at radius 2 is 2.05 bits per heavy atom. The van der Waals surface area contributed by atoms with E-state index in [2.05, 4.69) is 10.4 Å². The third-order valence-corrected chi connectivity index (χ3v) is 3.92. The summed E-state index contributed by atoms with van der Waals surface area (Å²) in [5.74, 6) is -0.459. The minimum atomic E-state index is -4.25. The molecule has 1 heterocycles. The Labute approximate surface area is 118 Å². The Morgan fingerprint density at radius 3 is 2.71 bits per heavy atom. The number of rotatable bonds is 4. The molecule has 1 aromatic heterocycles. The molecule has 2 aromatic rings. The zero-order valence-corrected chi connectivity index (χ0v) is 11.2. The molecule has 4 nitrogen and oxygen atoms in total. The minimum Gasteiger partial charge on any atom is -0.354 e. The van der Waals surface area contributed by atoms with E-state index in [0.717, 1.165) is 10.9 Å². The molecular formula is C14H14F3N3O. The van der Waals surface area contributed by atoms with Crippen LogP contribution in [0, 0.1) is 5.41 Å². The van der Waals surface area contributed by atoms with Gasteiger partial charge in [0, 0.05) is 11.9 Å². The molecule has 1 fully saturated rings. The lowest BCUT2D eigenvalue weighted by Gasteiger charge is -2.19. The van der Waals surface area contributed by atoms with Crippen molar-refractivity contribution < 1.29 is 18.0 Å². The number of benzene rings is 1. The van der Waals surface area contributed by atoms with E-state index in [9.17, 15) is 18.0 Å². The number of fused-ring (bicyclic) bond motifs is 1. The number of amides is 1. The zero-order valence-electron chi connectivity index (χ0n) is 11.2. The van der Waals surface area contributed by atoms with Crippen LogP contribution in [0.5, 0.6) is 0 Å². The van der Waals surface area contributed by atoms with Crippen molar-refractivity contribution in [2.45, 2.75) is 25.6 Å². The highest BCUT2D eigenvalue weighted by molar-refractivity contribution is 5.81. The van der Waals surface area contributed by atoms with Crippen LogP contribution in [0.3, 0.4) is 0 Å². The van der Waals surface area contributed by atoms with Crippen molar-refractivity contribution in [3.8, 4) is 0 Å². The number of carbonyl (C=O) groups excluding carboxylic acids is 1. The highest BCUT2D eigenvalue weighted by atomic mass is 19.4. The van der Waals surface area contributed by atoms with Crippen molar-refractivity contribution in [1.82, 2.24) is 15.1 Å². The van der Waals surface area contributed by atoms with Gasteiger partial charge in [-0.15, -0.1) is 0 Å². The SMILES string of the molecule is O=C(Cn1ncc2ccccc21)NCC1(C(F)(F)F)CC1. The molecule has 112 valence electrons. The van der Waals surface area contributed by atoms with E-state index < -0.39 is 17.5 Å². The summed E-state index contributed by atoms with van der Waals surface area (Å²) >= 11 is 0. The second-order valence-corrected chi connectivity index (χ2v) is 5.42. The number of halogens is 3. The summed E-state index contributed by atoms with van der Waals surface area (Å²) in [6.07, 6.45) is -2.46. The minimum absolute atomic E-state index is 0.0819. The first-order chi connectivity index (χ1) is 9.91. The maximum Gasteiger partial charge on any atom is 0.396 e. The maximum absolute atomic E-state index is 12.8. The van der Waals surface area contributed by atoms with Crippen LogP contribution in [0.1, 0.15) is 12.8 Å². The Kier molecular flexibility index (Phi) is 3.15. The number of nitrogens with one attached hydrogen (secondary N) is 1. The summed E-state index contributed by atoms with van der Waals surface area (Å²) < 4.78 is 39.8. The molecule has 0 bridgehead atoms. The number of alkyl halides is 3. The fourth-order valence-corrected chi connectivity index (χ4v) is 2.32. The van der Waals surface area contributed by atoms with E-state index in [1.807, 2.05) is 24.3 Å². The van der Waals surface area contributed by atoms with Crippen LogP contribution in [0.2, 0.25) is 0 Å². The van der Waals surface area contributed by atoms with Gasteiger partial charge in [0.25, 0.3) is 0 Å². The van der Waals surface area contributed by atoms with Gasteiger partial charge < -0.3 is 5.32 Å². The second kappa shape index (κ2) is 4.75. The van der Waals surface area contributed by atoms with Gasteiger partial charge in [0.15, 0.2) is 0 Å². The van der Waals surface area contributed by atoms with Gasteiger partial charge in [0.1, 0.15) is 6.54 Å². The molecule has 0 saturated heterocycles. The number of hydrogen-bond donors (Lipinski definition) is 1. The van der Waals surface area contributed by atoms with Crippen LogP contribution in [0.15, 0.2) is 30.5 Å². The molecule has 1 saturated carbocycles. The molecule has 0 radical (unpaired) electrons. The van der Waals surface area contributed by atoms with Crippen LogP contribution in [0.4, 0.5) is 13.2 Å². The van der Waals surface area contributed by atoms with Gasteiger partial charge in [-0.05, 0) is 18.9 Å². The molecule has 0 aliphatic heterocycles. The summed E-state index contributed by atoms with van der Waals surface area (Å²) in [5.41, 5.74) is -0.931. The summed E-state index contributed by atoms with van der Waals surface area (Å²) in [6, 6.07) is 7.35. The lowest BCUT2D eigenvalue weighted by atomic mass is 10.1. The van der Waals surface area contributed by atoms with E-state index in [1.54, 1.807) is 6.20 Å². The number of para-hydroxylation sites is 1. The fourth-order valence-electron chi connectivity index (χ4n) is 2.32. The molecular weight excluding hydrogens is 283 g/mol. The van der Waals surface area contributed by atoms with Crippen LogP contribution >= 0.6 is 0 Å². The topological polar surface area (TPSA) is 46.9 Å². The predicted molar refractivity (Wildman–Crippen MR) is 70.5 cm³/mol. The summed E-state index contributed by atoms with van der Waals surface area (Å²) in [6.45, 7) is -0.435. The zero-order chi connectivity index (χ0) is 15.1. The van der Waals surface area contributed by atoms with E-state index in [-0.39, 0.29) is 25.9 Å². The van der Waals surface area contributed by atoms with Gasteiger partial charge in [-0.3, -0.25) is 9.48 Å². The average Bonchev–Trinajstić information content (AvgIpc) is 3.14. The molecule has 7 heteroatoms. The van der Waals surface area contributed by atoms with Crippen molar-refractivity contribution in [3.05, 3.63) is 30.5 Å². The highest BCUT2D eigenvalue weighted by Gasteiger charge is 2.63. The first-order valence-corrected chi connectivity index (χ1v) is 6.65. The highest BCUT2D eigenvalue weighted by Crippen LogP contribution is 2.56. The summed E-state index contributed by atoms with van der Waals surface area (Å²) in [5, 5.41) is 7.34. The second-order valence-electron chi connectivity index (χ2n) is 5.42. The molecule has 1 aliphatic rings. The van der Waals surface area contributed by atoms with Crippen LogP contribution in [-0.2, 0) is 11.3 Å². The maximum atomic E-state index is 12.8. The Morgan fingerprint density at radius 1 is 1.33 bits per heavy atom. The number of hydrogen-bond acceptors (Lipinski definition) is 2. The van der Waals surface area contributed by atoms with Crippen molar-refractivity contribution in [2.24, 2.45) is 5.41 Å². The number of nitrogens with zero attached hydrogens (tertiary/aromatic N) is 2. The van der Waals surface area contributed by atoms with Gasteiger partial charge in [-0.1, -0.05) is 18.2 Å². The van der Waals surface area contributed by atoms with Crippen LogP contribution in [-0.4, -0.2) is 28.4 Å². The number of aromatic nitrogens is 2. The van der Waals surface area contributed by atoms with Crippen LogP contribution in [0.25, 0.3) is 10.9 Å². The van der Waals surface area contributed by atoms with Gasteiger partial charge >= 0.3 is 6.18 Å². The Hall–Kier alpha value is -2.05. The lowest BCUT2D eigenvalue weighted by molar-refractivity contribution is -0.185. The quantitative estimate of drug-likeness (QED) is 0.942.